The van der Waals surface area contributed by atoms with Crippen LogP contribution in [0, 0.1) is 0 Å². The Hall–Kier alpha value is -1.61. The molecule has 2 nitrogen and oxygen atoms in total. The number of allylic oxidation sites excluding steroid dienone is 2. The van der Waals surface area contributed by atoms with E-state index >= 15 is 0 Å². The SMILES string of the molecule is C=C(C)C(=O)OC(=C(C)C)C(F)(F)C(F)(F)C(F)(F)C(F)F. The van der Waals surface area contributed by atoms with E-state index in [2.05, 4.69) is 11.3 Å². The van der Waals surface area contributed by atoms with Crippen LogP contribution in [0.1, 0.15) is 20.8 Å². The van der Waals surface area contributed by atoms with Crippen molar-refractivity contribution in [2.45, 2.75) is 45.0 Å². The third-order valence-corrected chi connectivity index (χ3v) is 2.37. The van der Waals surface area contributed by atoms with Gasteiger partial charge < -0.3 is 4.74 Å². The van der Waals surface area contributed by atoms with E-state index in [0.717, 1.165) is 20.8 Å². The van der Waals surface area contributed by atoms with Gasteiger partial charge in [-0.3, -0.25) is 0 Å². The number of carbonyl (C=O) groups excluding carboxylic acids is 1. The van der Waals surface area contributed by atoms with Crippen LogP contribution in [0.5, 0.6) is 0 Å². The van der Waals surface area contributed by atoms with Gasteiger partial charge in [0.05, 0.1) is 0 Å². The zero-order valence-corrected chi connectivity index (χ0v) is 11.6. The van der Waals surface area contributed by atoms with E-state index in [0.29, 0.717) is 0 Å². The number of ether oxygens (including phenoxy) is 1. The molecule has 0 N–H and O–H groups in total. The first-order valence-electron chi connectivity index (χ1n) is 5.57. The van der Waals surface area contributed by atoms with Gasteiger partial charge in [-0.25, -0.2) is 13.6 Å². The van der Waals surface area contributed by atoms with Crippen LogP contribution in [0.4, 0.5) is 35.1 Å². The van der Waals surface area contributed by atoms with Gasteiger partial charge in [-0.2, -0.15) is 26.3 Å². The van der Waals surface area contributed by atoms with Crippen LogP contribution in [0.25, 0.3) is 0 Å². The summed E-state index contributed by atoms with van der Waals surface area (Å²) in [5.74, 6) is -22.4. The van der Waals surface area contributed by atoms with Crippen molar-refractivity contribution in [3.05, 3.63) is 23.5 Å². The standard InChI is InChI=1S/C12H12F8O2/c1-5(2)7(22-8(21)6(3)4)10(15,16)12(19,20)11(17,18)9(13)14/h9H,3H2,1-2,4H3. The van der Waals surface area contributed by atoms with E-state index in [4.69, 9.17) is 0 Å². The Balaban J connectivity index is 6.00. The maximum absolute atomic E-state index is 13.7. The van der Waals surface area contributed by atoms with Gasteiger partial charge in [0.1, 0.15) is 0 Å². The minimum Gasteiger partial charge on any atom is -0.421 e. The maximum atomic E-state index is 13.7. The van der Waals surface area contributed by atoms with Crippen LogP contribution in [-0.4, -0.2) is 30.2 Å². The number of hydrogen-bond donors (Lipinski definition) is 0. The molecule has 0 saturated carbocycles. The van der Waals surface area contributed by atoms with E-state index in [1.54, 1.807) is 0 Å². The zero-order chi connectivity index (χ0) is 18.1. The first kappa shape index (κ1) is 20.4. The zero-order valence-electron chi connectivity index (χ0n) is 11.6. The third-order valence-electron chi connectivity index (χ3n) is 2.37. The Morgan fingerprint density at radius 3 is 1.68 bits per heavy atom. The lowest BCUT2D eigenvalue weighted by Gasteiger charge is -2.33. The molecule has 22 heavy (non-hydrogen) atoms. The summed E-state index contributed by atoms with van der Waals surface area (Å²) >= 11 is 0. The number of rotatable bonds is 6. The van der Waals surface area contributed by atoms with Gasteiger partial charge in [-0.15, -0.1) is 0 Å². The molecule has 0 fully saturated rings. The normalized spacial score (nSPS) is 13.1. The van der Waals surface area contributed by atoms with Gasteiger partial charge in [0, 0.05) is 5.57 Å². The molecular weight excluding hydrogens is 328 g/mol. The molecule has 0 aliphatic carbocycles. The van der Waals surface area contributed by atoms with Crippen LogP contribution in [0.15, 0.2) is 23.5 Å². The van der Waals surface area contributed by atoms with Crippen molar-refractivity contribution >= 4 is 5.97 Å². The number of hydrogen-bond acceptors (Lipinski definition) is 2. The lowest BCUT2D eigenvalue weighted by molar-refractivity contribution is -0.333. The topological polar surface area (TPSA) is 26.3 Å². The smallest absolute Gasteiger partial charge is 0.385 e. The molecule has 0 aromatic carbocycles. The van der Waals surface area contributed by atoms with Crippen molar-refractivity contribution in [3.8, 4) is 0 Å². The van der Waals surface area contributed by atoms with Gasteiger partial charge in [0.25, 0.3) is 0 Å². The molecule has 0 amide bonds. The summed E-state index contributed by atoms with van der Waals surface area (Å²) in [5, 5.41) is 0. The van der Waals surface area contributed by atoms with Crippen LogP contribution in [0.3, 0.4) is 0 Å². The highest BCUT2D eigenvalue weighted by Crippen LogP contribution is 2.52. The lowest BCUT2D eigenvalue weighted by atomic mass is 10.0. The van der Waals surface area contributed by atoms with E-state index < -0.39 is 47.1 Å². The van der Waals surface area contributed by atoms with Gasteiger partial charge in [0.2, 0.25) is 0 Å². The van der Waals surface area contributed by atoms with Gasteiger partial charge >= 0.3 is 30.2 Å². The highest BCUT2D eigenvalue weighted by atomic mass is 19.4. The molecule has 0 atom stereocenters. The van der Waals surface area contributed by atoms with E-state index in [1.165, 1.54) is 0 Å². The molecule has 0 heterocycles. The fraction of sp³-hybridized carbons (Fsp3) is 0.583. The van der Waals surface area contributed by atoms with Crippen molar-refractivity contribution in [1.82, 2.24) is 0 Å². The Kier molecular flexibility index (Phi) is 5.79. The summed E-state index contributed by atoms with van der Waals surface area (Å²) in [4.78, 5) is 11.1. The average molecular weight is 340 g/mol. The van der Waals surface area contributed by atoms with Crippen molar-refractivity contribution in [2.75, 3.05) is 0 Å². The fourth-order valence-electron chi connectivity index (χ4n) is 1.15. The average Bonchev–Trinajstić information content (AvgIpc) is 2.33. The second-order valence-electron chi connectivity index (χ2n) is 4.57. The Bertz CT molecular complexity index is 489. The van der Waals surface area contributed by atoms with Crippen molar-refractivity contribution in [2.24, 2.45) is 0 Å². The summed E-state index contributed by atoms with van der Waals surface area (Å²) < 4.78 is 107. The van der Waals surface area contributed by atoms with Crippen LogP contribution >= 0.6 is 0 Å². The van der Waals surface area contributed by atoms with Gasteiger partial charge in [-0.05, 0) is 26.3 Å². The lowest BCUT2D eigenvalue weighted by Crippen LogP contribution is -2.58. The fourth-order valence-corrected chi connectivity index (χ4v) is 1.15. The highest BCUT2D eigenvalue weighted by Gasteiger charge is 2.77. The van der Waals surface area contributed by atoms with Crippen LogP contribution in [0.2, 0.25) is 0 Å². The predicted molar refractivity (Wildman–Crippen MR) is 60.1 cm³/mol. The molecule has 0 saturated heterocycles. The minimum atomic E-state index is -6.49. The van der Waals surface area contributed by atoms with Gasteiger partial charge in [-0.1, -0.05) is 6.58 Å². The Morgan fingerprint density at radius 1 is 1.00 bits per heavy atom. The first-order chi connectivity index (χ1) is 9.60. The number of carbonyl (C=O) groups is 1. The summed E-state index contributed by atoms with van der Waals surface area (Å²) in [6, 6.07) is 0. The molecule has 0 aromatic rings. The quantitative estimate of drug-likeness (QED) is 0.306. The van der Waals surface area contributed by atoms with E-state index in [-0.39, 0.29) is 0 Å². The predicted octanol–water partition coefficient (Wildman–Crippen LogP) is 4.57. The Labute approximate surface area is 120 Å². The summed E-state index contributed by atoms with van der Waals surface area (Å²) in [6.45, 7) is 5.48. The molecule has 0 rings (SSSR count). The maximum Gasteiger partial charge on any atom is 0.385 e. The summed E-state index contributed by atoms with van der Waals surface area (Å²) in [7, 11) is 0. The summed E-state index contributed by atoms with van der Waals surface area (Å²) in [5.41, 5.74) is -1.26. The van der Waals surface area contributed by atoms with Crippen molar-refractivity contribution < 1.29 is 44.7 Å². The largest absolute Gasteiger partial charge is 0.421 e. The highest BCUT2D eigenvalue weighted by molar-refractivity contribution is 5.87. The first-order valence-corrected chi connectivity index (χ1v) is 5.57. The molecular formula is C12H12F8O2. The van der Waals surface area contributed by atoms with E-state index in [9.17, 15) is 39.9 Å². The molecule has 0 aromatic heterocycles. The van der Waals surface area contributed by atoms with Crippen molar-refractivity contribution in [1.29, 1.82) is 0 Å². The van der Waals surface area contributed by atoms with Gasteiger partial charge in [0.15, 0.2) is 5.76 Å². The molecule has 128 valence electrons. The second kappa shape index (κ2) is 6.25. The second-order valence-corrected chi connectivity index (χ2v) is 4.57. The molecule has 0 bridgehead atoms. The van der Waals surface area contributed by atoms with E-state index in [1.807, 2.05) is 0 Å². The van der Waals surface area contributed by atoms with Crippen LogP contribution < -0.4 is 0 Å². The molecule has 10 heteroatoms. The monoisotopic (exact) mass is 340 g/mol. The number of halogens is 8. The Morgan fingerprint density at radius 2 is 1.41 bits per heavy atom. The van der Waals surface area contributed by atoms with Crippen molar-refractivity contribution in [3.63, 3.8) is 0 Å². The molecule has 0 unspecified atom stereocenters. The van der Waals surface area contributed by atoms with Crippen LogP contribution in [-0.2, 0) is 9.53 Å². The number of esters is 1. The number of alkyl halides is 8. The third kappa shape index (κ3) is 3.41. The molecule has 0 aliphatic rings. The molecule has 0 radical (unpaired) electrons. The summed E-state index contributed by atoms with van der Waals surface area (Å²) in [6.07, 6.45) is -5.05. The minimum absolute atomic E-state index is 0.488. The molecule has 0 aliphatic heterocycles. The molecule has 0 spiro atoms.